The van der Waals surface area contributed by atoms with Gasteiger partial charge in [-0.15, -0.1) is 0 Å². The molecule has 0 atom stereocenters. The number of halogens is 1. The molecule has 0 spiro atoms. The van der Waals surface area contributed by atoms with Crippen LogP contribution in [0.3, 0.4) is 0 Å². The van der Waals surface area contributed by atoms with Gasteiger partial charge in [0.05, 0.1) is 9.73 Å². The smallest absolute Gasteiger partial charge is 0.330 e. The van der Waals surface area contributed by atoms with E-state index in [-0.39, 0.29) is 0 Å². The molecule has 1 fully saturated rings. The van der Waals surface area contributed by atoms with E-state index >= 15 is 0 Å². The summed E-state index contributed by atoms with van der Waals surface area (Å²) in [5.74, 6) is -0.680. The molecule has 5 nitrogen and oxygen atoms in total. The van der Waals surface area contributed by atoms with Gasteiger partial charge in [0.2, 0.25) is 0 Å². The molecule has 0 N–H and O–H groups in total. The highest BCUT2D eigenvalue weighted by Gasteiger charge is 2.28. The first kappa shape index (κ1) is 15.5. The lowest BCUT2D eigenvalue weighted by molar-refractivity contribution is -0.144. The first-order valence-corrected chi connectivity index (χ1v) is 9.53. The summed E-state index contributed by atoms with van der Waals surface area (Å²) in [6.45, 7) is 0.822. The third-order valence-electron chi connectivity index (χ3n) is 4.08. The van der Waals surface area contributed by atoms with Gasteiger partial charge in [0.1, 0.15) is 0 Å². The molecule has 0 unspecified atom stereocenters. The normalized spacial score (nSPS) is 19.6. The average Bonchev–Trinajstić information content (AvgIpc) is 2.92. The lowest BCUT2D eigenvalue weighted by atomic mass is 10.00. The molecule has 0 saturated carbocycles. The maximum absolute atomic E-state index is 12.2. The van der Waals surface area contributed by atoms with Gasteiger partial charge in [0.15, 0.2) is 0 Å². The summed E-state index contributed by atoms with van der Waals surface area (Å²) < 4.78 is 16.0. The van der Waals surface area contributed by atoms with Crippen LogP contribution in [0.4, 0.5) is 0 Å². The Bertz CT molecular complexity index is 741. The molecular formula is C15H17ClN2O3S. The molecule has 22 heavy (non-hydrogen) atoms. The lowest BCUT2D eigenvalue weighted by Crippen LogP contribution is -2.39. The Kier molecular flexibility index (Phi) is 4.23. The van der Waals surface area contributed by atoms with Gasteiger partial charge in [-0.2, -0.15) is 4.36 Å². The predicted molar refractivity (Wildman–Crippen MR) is 85.1 cm³/mol. The number of carbonyl (C=O) groups excluding carboxylic acids is 2. The van der Waals surface area contributed by atoms with E-state index in [0.717, 1.165) is 24.0 Å². The maximum atomic E-state index is 12.2. The number of nitrogens with zero attached hydrogens (tertiary/aromatic N) is 2. The van der Waals surface area contributed by atoms with Gasteiger partial charge in [0, 0.05) is 29.6 Å². The van der Waals surface area contributed by atoms with Crippen LogP contribution in [0.25, 0.3) is 0 Å². The fourth-order valence-corrected chi connectivity index (χ4v) is 5.14. The molecule has 3 rings (SSSR count). The van der Waals surface area contributed by atoms with Gasteiger partial charge in [-0.05, 0) is 42.5 Å². The first-order valence-electron chi connectivity index (χ1n) is 7.30. The van der Waals surface area contributed by atoms with E-state index in [2.05, 4.69) is 4.36 Å². The molecule has 2 aliphatic heterocycles. The van der Waals surface area contributed by atoms with Crippen molar-refractivity contribution in [2.75, 3.05) is 18.1 Å². The molecule has 2 heterocycles. The summed E-state index contributed by atoms with van der Waals surface area (Å²) in [6, 6.07) is 5.53. The van der Waals surface area contributed by atoms with E-state index in [4.69, 9.17) is 11.6 Å². The van der Waals surface area contributed by atoms with Gasteiger partial charge >= 0.3 is 11.8 Å². The molecule has 1 aromatic carbocycles. The highest BCUT2D eigenvalue weighted by Crippen LogP contribution is 2.23. The van der Waals surface area contributed by atoms with E-state index in [1.54, 1.807) is 6.07 Å². The highest BCUT2D eigenvalue weighted by atomic mass is 35.5. The van der Waals surface area contributed by atoms with E-state index in [0.29, 0.717) is 36.0 Å². The predicted octanol–water partition coefficient (Wildman–Crippen LogP) is 2.01. The van der Waals surface area contributed by atoms with Crippen molar-refractivity contribution in [3.63, 3.8) is 0 Å². The molecule has 7 heteroatoms. The zero-order valence-electron chi connectivity index (χ0n) is 12.1. The van der Waals surface area contributed by atoms with Crippen LogP contribution in [0, 0.1) is 0 Å². The van der Waals surface area contributed by atoms with Crippen molar-refractivity contribution in [3.8, 4) is 0 Å². The summed E-state index contributed by atoms with van der Waals surface area (Å²) in [7, 11) is -2.49. The largest absolute Gasteiger partial charge is 0.343 e. The molecule has 0 aromatic heterocycles. The van der Waals surface area contributed by atoms with Crippen molar-refractivity contribution in [2.24, 2.45) is 4.36 Å². The van der Waals surface area contributed by atoms with Crippen molar-refractivity contribution in [3.05, 3.63) is 34.3 Å². The molecule has 0 radical (unpaired) electrons. The minimum absolute atomic E-state index is 0.369. The second kappa shape index (κ2) is 6.01. The molecule has 2 aliphatic rings. The van der Waals surface area contributed by atoms with Gasteiger partial charge in [0.25, 0.3) is 0 Å². The molecule has 1 aromatic rings. The van der Waals surface area contributed by atoms with Gasteiger partial charge < -0.3 is 4.90 Å². The fraction of sp³-hybridized carbons (Fsp3) is 0.467. The summed E-state index contributed by atoms with van der Waals surface area (Å²) in [6.07, 6.45) is 2.27. The SMILES string of the molecule is O=C(N=S1(=O)CCCC1)C(=O)N1CCc2cc(Cl)ccc2C1. The van der Waals surface area contributed by atoms with Crippen LogP contribution in [-0.4, -0.2) is 39.0 Å². The second-order valence-corrected chi connectivity index (χ2v) is 8.65. The lowest BCUT2D eigenvalue weighted by Gasteiger charge is -2.27. The van der Waals surface area contributed by atoms with E-state index in [1.807, 2.05) is 12.1 Å². The van der Waals surface area contributed by atoms with Gasteiger partial charge in [-0.25, -0.2) is 4.21 Å². The van der Waals surface area contributed by atoms with E-state index < -0.39 is 21.5 Å². The van der Waals surface area contributed by atoms with Crippen molar-refractivity contribution in [1.82, 2.24) is 4.90 Å². The molecular weight excluding hydrogens is 324 g/mol. The van der Waals surface area contributed by atoms with Crippen molar-refractivity contribution < 1.29 is 13.8 Å². The zero-order chi connectivity index (χ0) is 15.7. The Morgan fingerprint density at radius 3 is 2.64 bits per heavy atom. The Morgan fingerprint density at radius 2 is 1.91 bits per heavy atom. The number of carbonyl (C=O) groups is 2. The monoisotopic (exact) mass is 340 g/mol. The van der Waals surface area contributed by atoms with Crippen LogP contribution in [-0.2, 0) is 32.3 Å². The maximum Gasteiger partial charge on any atom is 0.343 e. The fourth-order valence-electron chi connectivity index (χ4n) is 2.87. The number of fused-ring (bicyclic) bond motifs is 1. The second-order valence-electron chi connectivity index (χ2n) is 5.67. The van der Waals surface area contributed by atoms with E-state index in [1.165, 1.54) is 4.90 Å². The number of amides is 2. The number of hydrogen-bond donors (Lipinski definition) is 0. The Hall–Kier alpha value is -1.40. The van der Waals surface area contributed by atoms with Gasteiger partial charge in [-0.3, -0.25) is 9.59 Å². The summed E-state index contributed by atoms with van der Waals surface area (Å²) >= 11 is 5.95. The van der Waals surface area contributed by atoms with Crippen LogP contribution in [0.5, 0.6) is 0 Å². The van der Waals surface area contributed by atoms with Crippen molar-refractivity contribution >= 4 is 33.1 Å². The first-order chi connectivity index (χ1) is 10.5. The summed E-state index contributed by atoms with van der Waals surface area (Å²) in [5.41, 5.74) is 2.09. The third-order valence-corrected chi connectivity index (χ3v) is 6.66. The van der Waals surface area contributed by atoms with Crippen LogP contribution in [0.2, 0.25) is 5.02 Å². The highest BCUT2D eigenvalue weighted by molar-refractivity contribution is 7.94. The van der Waals surface area contributed by atoms with Crippen LogP contribution in [0.15, 0.2) is 22.6 Å². The summed E-state index contributed by atoms with van der Waals surface area (Å²) in [4.78, 5) is 25.7. The van der Waals surface area contributed by atoms with Crippen molar-refractivity contribution in [2.45, 2.75) is 25.8 Å². The molecule has 2 amide bonds. The Balaban J connectivity index is 1.75. The average molecular weight is 341 g/mol. The minimum Gasteiger partial charge on any atom is -0.330 e. The number of hydrogen-bond acceptors (Lipinski definition) is 3. The Labute approximate surface area is 134 Å². The third kappa shape index (κ3) is 3.17. The number of benzene rings is 1. The van der Waals surface area contributed by atoms with Crippen LogP contribution in [0.1, 0.15) is 24.0 Å². The molecule has 0 aliphatic carbocycles. The quantitative estimate of drug-likeness (QED) is 0.678. The van der Waals surface area contributed by atoms with E-state index in [9.17, 15) is 13.8 Å². The molecule has 1 saturated heterocycles. The summed E-state index contributed by atoms with van der Waals surface area (Å²) in [5, 5.41) is 0.669. The van der Waals surface area contributed by atoms with Crippen LogP contribution >= 0.6 is 11.6 Å². The zero-order valence-corrected chi connectivity index (χ0v) is 13.7. The van der Waals surface area contributed by atoms with Crippen LogP contribution < -0.4 is 0 Å². The minimum atomic E-state index is -2.49. The standard InChI is InChI=1S/C15H17ClN2O3S/c16-13-4-3-12-10-18(6-5-11(12)9-13)15(20)14(19)17-22(21)7-1-2-8-22/h3-4,9H,1-2,5-8,10H2. The topological polar surface area (TPSA) is 66.8 Å². The van der Waals surface area contributed by atoms with Gasteiger partial charge in [-0.1, -0.05) is 17.7 Å². The molecule has 118 valence electrons. The Morgan fingerprint density at radius 1 is 1.18 bits per heavy atom. The van der Waals surface area contributed by atoms with Crippen molar-refractivity contribution in [1.29, 1.82) is 0 Å². The number of rotatable bonds is 0. The molecule has 0 bridgehead atoms.